The molecule has 1 aromatic carbocycles. The van der Waals surface area contributed by atoms with Crippen molar-refractivity contribution in [1.29, 1.82) is 0 Å². The summed E-state index contributed by atoms with van der Waals surface area (Å²) in [6, 6.07) is 8.01. The van der Waals surface area contributed by atoms with Gasteiger partial charge in [-0.3, -0.25) is 0 Å². The summed E-state index contributed by atoms with van der Waals surface area (Å²) in [5.41, 5.74) is 1.25. The minimum Gasteiger partial charge on any atom is -0.311 e. The van der Waals surface area contributed by atoms with Crippen LogP contribution < -0.4 is 5.32 Å². The molecule has 0 fully saturated rings. The highest BCUT2D eigenvalue weighted by molar-refractivity contribution is 6.30. The molecule has 0 aliphatic carbocycles. The molecule has 0 saturated carbocycles. The average molecular weight is 255 g/mol. The molecule has 0 aliphatic rings. The van der Waals surface area contributed by atoms with Crippen molar-refractivity contribution in [1.82, 2.24) is 10.2 Å². The van der Waals surface area contributed by atoms with Gasteiger partial charge in [0, 0.05) is 24.7 Å². The Balaban J connectivity index is 2.19. The van der Waals surface area contributed by atoms with Crippen molar-refractivity contribution < 1.29 is 0 Å². The van der Waals surface area contributed by atoms with Crippen LogP contribution in [0, 0.1) is 0 Å². The van der Waals surface area contributed by atoms with E-state index in [2.05, 4.69) is 30.1 Å². The number of rotatable bonds is 8. The first-order valence-corrected chi connectivity index (χ1v) is 6.81. The van der Waals surface area contributed by atoms with Crippen LogP contribution in [-0.4, -0.2) is 31.1 Å². The highest BCUT2D eigenvalue weighted by Crippen LogP contribution is 2.09. The zero-order valence-corrected chi connectivity index (χ0v) is 11.6. The number of benzene rings is 1. The van der Waals surface area contributed by atoms with Crippen molar-refractivity contribution >= 4 is 11.6 Å². The third-order valence-corrected chi connectivity index (χ3v) is 3.05. The third kappa shape index (κ3) is 6.06. The molecular weight excluding hydrogens is 232 g/mol. The maximum Gasteiger partial charge on any atom is 0.0409 e. The molecule has 0 radical (unpaired) electrons. The Morgan fingerprint density at radius 1 is 1.24 bits per heavy atom. The van der Waals surface area contributed by atoms with E-state index in [-0.39, 0.29) is 0 Å². The second kappa shape index (κ2) is 8.51. The Bertz CT molecular complexity index is 315. The average Bonchev–Trinajstić information content (AvgIpc) is 2.33. The summed E-state index contributed by atoms with van der Waals surface area (Å²) in [4.78, 5) is 2.46. The Morgan fingerprint density at radius 3 is 2.71 bits per heavy atom. The van der Waals surface area contributed by atoms with Gasteiger partial charge in [-0.15, -0.1) is 0 Å². The van der Waals surface area contributed by atoms with Crippen LogP contribution in [0.25, 0.3) is 0 Å². The predicted molar refractivity (Wildman–Crippen MR) is 75.6 cm³/mol. The van der Waals surface area contributed by atoms with Gasteiger partial charge >= 0.3 is 0 Å². The molecule has 0 heterocycles. The predicted octanol–water partition coefficient (Wildman–Crippen LogP) is 3.16. The maximum absolute atomic E-state index is 5.94. The number of hydrogen-bond acceptors (Lipinski definition) is 2. The van der Waals surface area contributed by atoms with E-state index in [0.29, 0.717) is 0 Å². The van der Waals surface area contributed by atoms with Crippen LogP contribution in [0.2, 0.25) is 5.02 Å². The van der Waals surface area contributed by atoms with Crippen LogP contribution in [0.5, 0.6) is 0 Å². The second-order valence-corrected chi connectivity index (χ2v) is 4.68. The summed E-state index contributed by atoms with van der Waals surface area (Å²) in [6.45, 7) is 9.80. The lowest BCUT2D eigenvalue weighted by atomic mass is 10.2. The Morgan fingerprint density at radius 2 is 2.06 bits per heavy atom. The van der Waals surface area contributed by atoms with E-state index in [1.807, 2.05) is 18.2 Å². The van der Waals surface area contributed by atoms with Gasteiger partial charge in [0.05, 0.1) is 0 Å². The van der Waals surface area contributed by atoms with Crippen LogP contribution in [0.3, 0.4) is 0 Å². The fourth-order valence-electron chi connectivity index (χ4n) is 1.86. The van der Waals surface area contributed by atoms with Gasteiger partial charge in [0.1, 0.15) is 0 Å². The van der Waals surface area contributed by atoms with Crippen LogP contribution in [-0.2, 0) is 6.54 Å². The normalized spacial score (nSPS) is 11.1. The van der Waals surface area contributed by atoms with Crippen LogP contribution in [0.4, 0.5) is 0 Å². The van der Waals surface area contributed by atoms with Crippen molar-refractivity contribution in [3.8, 4) is 0 Å². The number of likely N-dealkylation sites (N-methyl/N-ethyl adjacent to an activating group) is 1. The Labute approximate surface area is 110 Å². The Kier molecular flexibility index (Phi) is 7.25. The topological polar surface area (TPSA) is 15.3 Å². The molecule has 17 heavy (non-hydrogen) atoms. The van der Waals surface area contributed by atoms with Gasteiger partial charge in [-0.05, 0) is 37.2 Å². The monoisotopic (exact) mass is 254 g/mol. The highest BCUT2D eigenvalue weighted by Gasteiger charge is 1.99. The molecule has 1 N–H and O–H groups in total. The number of nitrogens with one attached hydrogen (secondary N) is 1. The summed E-state index contributed by atoms with van der Waals surface area (Å²) >= 11 is 5.94. The van der Waals surface area contributed by atoms with E-state index in [0.717, 1.165) is 31.2 Å². The van der Waals surface area contributed by atoms with E-state index in [1.54, 1.807) is 0 Å². The third-order valence-electron chi connectivity index (χ3n) is 2.81. The molecule has 0 atom stereocenters. The minimum atomic E-state index is 0.811. The first kappa shape index (κ1) is 14.5. The number of nitrogens with zero attached hydrogens (tertiary/aromatic N) is 1. The zero-order chi connectivity index (χ0) is 12.5. The fraction of sp³-hybridized carbons (Fsp3) is 0.571. The summed E-state index contributed by atoms with van der Waals surface area (Å²) in [5.74, 6) is 0. The van der Waals surface area contributed by atoms with Crippen molar-refractivity contribution in [3.63, 3.8) is 0 Å². The van der Waals surface area contributed by atoms with Crippen molar-refractivity contribution in [2.75, 3.05) is 26.2 Å². The fourth-order valence-corrected chi connectivity index (χ4v) is 2.07. The van der Waals surface area contributed by atoms with Gasteiger partial charge < -0.3 is 10.2 Å². The molecule has 2 nitrogen and oxygen atoms in total. The largest absolute Gasteiger partial charge is 0.311 e. The number of hydrogen-bond donors (Lipinski definition) is 1. The first-order valence-electron chi connectivity index (χ1n) is 6.43. The molecule has 0 saturated heterocycles. The molecule has 0 aliphatic heterocycles. The Hall–Kier alpha value is -0.570. The van der Waals surface area contributed by atoms with E-state index in [4.69, 9.17) is 11.6 Å². The molecule has 3 heteroatoms. The van der Waals surface area contributed by atoms with Crippen molar-refractivity contribution in [3.05, 3.63) is 34.9 Å². The molecule has 1 rings (SSSR count). The maximum atomic E-state index is 5.94. The quantitative estimate of drug-likeness (QED) is 0.717. The van der Waals surface area contributed by atoms with Crippen LogP contribution in [0.15, 0.2) is 24.3 Å². The van der Waals surface area contributed by atoms with Gasteiger partial charge in [0.2, 0.25) is 0 Å². The molecule has 0 amide bonds. The smallest absolute Gasteiger partial charge is 0.0409 e. The zero-order valence-electron chi connectivity index (χ0n) is 10.9. The molecule has 0 spiro atoms. The molecule has 0 unspecified atom stereocenters. The van der Waals surface area contributed by atoms with Crippen molar-refractivity contribution in [2.24, 2.45) is 0 Å². The van der Waals surface area contributed by atoms with Crippen LogP contribution >= 0.6 is 11.6 Å². The minimum absolute atomic E-state index is 0.811. The van der Waals surface area contributed by atoms with E-state index < -0.39 is 0 Å². The van der Waals surface area contributed by atoms with E-state index in [9.17, 15) is 0 Å². The number of halogens is 1. The summed E-state index contributed by atoms with van der Waals surface area (Å²) in [7, 11) is 0. The summed E-state index contributed by atoms with van der Waals surface area (Å²) in [6.07, 6.45) is 1.22. The summed E-state index contributed by atoms with van der Waals surface area (Å²) < 4.78 is 0. The van der Waals surface area contributed by atoms with E-state index in [1.165, 1.54) is 18.5 Å². The lowest BCUT2D eigenvalue weighted by Gasteiger charge is -2.19. The van der Waals surface area contributed by atoms with Gasteiger partial charge in [-0.2, -0.15) is 0 Å². The van der Waals surface area contributed by atoms with Gasteiger partial charge in [-0.25, -0.2) is 0 Å². The van der Waals surface area contributed by atoms with Gasteiger partial charge in [0.25, 0.3) is 0 Å². The molecule has 1 aromatic rings. The van der Waals surface area contributed by atoms with Gasteiger partial charge in [0.15, 0.2) is 0 Å². The lowest BCUT2D eigenvalue weighted by Crippen LogP contribution is -2.32. The van der Waals surface area contributed by atoms with Crippen LogP contribution in [0.1, 0.15) is 25.8 Å². The summed E-state index contributed by atoms with van der Waals surface area (Å²) in [5, 5.41) is 4.26. The SMILES string of the molecule is CCCN(CC)CCNCc1cccc(Cl)c1. The standard InChI is InChI=1S/C14H23ClN2/c1-3-9-17(4-2)10-8-16-12-13-6-5-7-14(15)11-13/h5-7,11,16H,3-4,8-10,12H2,1-2H3. The molecule has 0 bridgehead atoms. The molecule has 0 aromatic heterocycles. The first-order chi connectivity index (χ1) is 8.26. The molecular formula is C14H23ClN2. The molecule has 96 valence electrons. The second-order valence-electron chi connectivity index (χ2n) is 4.24. The van der Waals surface area contributed by atoms with E-state index >= 15 is 0 Å². The van der Waals surface area contributed by atoms with Gasteiger partial charge in [-0.1, -0.05) is 37.6 Å². The highest BCUT2D eigenvalue weighted by atomic mass is 35.5. The lowest BCUT2D eigenvalue weighted by molar-refractivity contribution is 0.287. The van der Waals surface area contributed by atoms with Crippen molar-refractivity contribution in [2.45, 2.75) is 26.8 Å².